The zero-order valence-electron chi connectivity index (χ0n) is 12.7. The van der Waals surface area contributed by atoms with Gasteiger partial charge in [0.2, 0.25) is 10.0 Å². The van der Waals surface area contributed by atoms with Crippen LogP contribution in [0.4, 0.5) is 5.69 Å². The third-order valence-corrected chi connectivity index (χ3v) is 5.01. The molecule has 1 heterocycles. The highest BCUT2D eigenvalue weighted by Gasteiger charge is 2.17. The number of primary sulfonamides is 1. The molecule has 2 atom stereocenters. The molecule has 1 fully saturated rings. The van der Waals surface area contributed by atoms with Gasteiger partial charge in [0, 0.05) is 17.8 Å². The quantitative estimate of drug-likeness (QED) is 0.776. The third kappa shape index (κ3) is 4.69. The van der Waals surface area contributed by atoms with E-state index in [1.54, 1.807) is 19.1 Å². The Kier molecular flexibility index (Phi) is 5.24. The van der Waals surface area contributed by atoms with E-state index >= 15 is 0 Å². The van der Waals surface area contributed by atoms with E-state index in [0.29, 0.717) is 11.6 Å². The van der Waals surface area contributed by atoms with E-state index in [-0.39, 0.29) is 10.9 Å². The summed E-state index contributed by atoms with van der Waals surface area (Å²) in [6.07, 6.45) is 4.78. The van der Waals surface area contributed by atoms with Crippen LogP contribution < -0.4 is 15.8 Å². The molecule has 4 N–H and O–H groups in total. The predicted molar refractivity (Wildman–Crippen MR) is 85.9 cm³/mol. The van der Waals surface area contributed by atoms with Gasteiger partial charge in [0.05, 0.1) is 4.90 Å². The lowest BCUT2D eigenvalue weighted by Gasteiger charge is -2.27. The Hall–Kier alpha value is -1.11. The molecule has 0 radical (unpaired) electrons. The van der Waals surface area contributed by atoms with E-state index in [0.717, 1.165) is 18.7 Å². The zero-order chi connectivity index (χ0) is 15.5. The maximum atomic E-state index is 11.5. The van der Waals surface area contributed by atoms with Gasteiger partial charge < -0.3 is 10.6 Å². The number of nitrogens with two attached hydrogens (primary N) is 1. The molecular formula is C15H25N3O2S. The van der Waals surface area contributed by atoms with Gasteiger partial charge in [-0.2, -0.15) is 0 Å². The third-order valence-electron chi connectivity index (χ3n) is 3.96. The Morgan fingerprint density at radius 2 is 2.19 bits per heavy atom. The number of hydrogen-bond donors (Lipinski definition) is 3. The average molecular weight is 311 g/mol. The number of sulfonamides is 1. The Bertz CT molecular complexity index is 581. The summed E-state index contributed by atoms with van der Waals surface area (Å²) < 4.78 is 23.1. The lowest BCUT2D eigenvalue weighted by Crippen LogP contribution is -2.37. The molecule has 0 spiro atoms. The molecule has 0 aromatic heterocycles. The van der Waals surface area contributed by atoms with Crippen molar-refractivity contribution in [1.29, 1.82) is 0 Å². The van der Waals surface area contributed by atoms with E-state index in [4.69, 9.17) is 5.14 Å². The molecule has 1 saturated heterocycles. The SMILES string of the molecule is Cc1ccc(NC(C)CC2CCCCN2)cc1S(N)(=O)=O. The largest absolute Gasteiger partial charge is 0.382 e. The van der Waals surface area contributed by atoms with Crippen LogP contribution in [0, 0.1) is 6.92 Å². The fourth-order valence-electron chi connectivity index (χ4n) is 2.89. The molecule has 1 aromatic rings. The molecule has 5 nitrogen and oxygen atoms in total. The highest BCUT2D eigenvalue weighted by atomic mass is 32.2. The van der Waals surface area contributed by atoms with Gasteiger partial charge in [0.1, 0.15) is 0 Å². The Labute approximate surface area is 127 Å². The second kappa shape index (κ2) is 6.77. The predicted octanol–water partition coefficient (Wildman–Crippen LogP) is 1.98. The second-order valence-electron chi connectivity index (χ2n) is 5.95. The van der Waals surface area contributed by atoms with Crippen LogP contribution in [0.1, 0.15) is 38.2 Å². The van der Waals surface area contributed by atoms with Crippen LogP contribution in [-0.4, -0.2) is 27.0 Å². The van der Waals surface area contributed by atoms with Gasteiger partial charge in [-0.3, -0.25) is 0 Å². The molecule has 2 rings (SSSR count). The molecule has 1 aliphatic rings. The molecule has 118 valence electrons. The van der Waals surface area contributed by atoms with Crippen LogP contribution in [0.2, 0.25) is 0 Å². The van der Waals surface area contributed by atoms with E-state index in [1.807, 2.05) is 6.07 Å². The van der Waals surface area contributed by atoms with Crippen molar-refractivity contribution in [2.45, 2.75) is 56.5 Å². The minimum atomic E-state index is -3.67. The van der Waals surface area contributed by atoms with Crippen LogP contribution in [-0.2, 0) is 10.0 Å². The van der Waals surface area contributed by atoms with Crippen molar-refractivity contribution in [2.24, 2.45) is 5.14 Å². The number of rotatable bonds is 5. The summed E-state index contributed by atoms with van der Waals surface area (Å²) in [4.78, 5) is 0.190. The van der Waals surface area contributed by atoms with E-state index in [9.17, 15) is 8.42 Å². The van der Waals surface area contributed by atoms with Crippen LogP contribution in [0.3, 0.4) is 0 Å². The van der Waals surface area contributed by atoms with Gasteiger partial charge >= 0.3 is 0 Å². The van der Waals surface area contributed by atoms with Crippen molar-refractivity contribution in [1.82, 2.24) is 5.32 Å². The summed E-state index contributed by atoms with van der Waals surface area (Å²) in [6.45, 7) is 4.96. The Morgan fingerprint density at radius 3 is 2.81 bits per heavy atom. The van der Waals surface area contributed by atoms with Crippen LogP contribution in [0.5, 0.6) is 0 Å². The molecule has 0 saturated carbocycles. The summed E-state index contributed by atoms with van der Waals surface area (Å²) in [7, 11) is -3.67. The molecule has 0 amide bonds. The summed E-state index contributed by atoms with van der Waals surface area (Å²) in [5.41, 5.74) is 1.47. The summed E-state index contributed by atoms with van der Waals surface area (Å²) in [5, 5.41) is 12.1. The number of benzene rings is 1. The van der Waals surface area contributed by atoms with Crippen molar-refractivity contribution in [3.63, 3.8) is 0 Å². The fraction of sp³-hybridized carbons (Fsp3) is 0.600. The van der Waals surface area contributed by atoms with Gasteiger partial charge in [0.15, 0.2) is 0 Å². The normalized spacial score (nSPS) is 21.0. The monoisotopic (exact) mass is 311 g/mol. The van der Waals surface area contributed by atoms with Gasteiger partial charge in [-0.05, 0) is 57.4 Å². The number of nitrogens with one attached hydrogen (secondary N) is 2. The Balaban J connectivity index is 2.02. The zero-order valence-corrected chi connectivity index (χ0v) is 13.5. The Morgan fingerprint density at radius 1 is 1.43 bits per heavy atom. The number of anilines is 1. The molecule has 2 unspecified atom stereocenters. The summed E-state index contributed by atoms with van der Waals surface area (Å²) >= 11 is 0. The molecule has 0 aliphatic carbocycles. The molecular weight excluding hydrogens is 286 g/mol. The molecule has 1 aromatic carbocycles. The number of piperidine rings is 1. The molecule has 21 heavy (non-hydrogen) atoms. The molecule has 6 heteroatoms. The van der Waals surface area contributed by atoms with Gasteiger partial charge in [0.25, 0.3) is 0 Å². The van der Waals surface area contributed by atoms with E-state index in [2.05, 4.69) is 17.6 Å². The first kappa shape index (κ1) is 16.3. The van der Waals surface area contributed by atoms with Gasteiger partial charge in [-0.25, -0.2) is 13.6 Å². The maximum Gasteiger partial charge on any atom is 0.238 e. The molecule has 0 bridgehead atoms. The summed E-state index contributed by atoms with van der Waals surface area (Å²) in [6, 6.07) is 6.12. The minimum Gasteiger partial charge on any atom is -0.382 e. The van der Waals surface area contributed by atoms with Crippen molar-refractivity contribution in [2.75, 3.05) is 11.9 Å². The fourth-order valence-corrected chi connectivity index (χ4v) is 3.70. The lowest BCUT2D eigenvalue weighted by atomic mass is 9.98. The maximum absolute atomic E-state index is 11.5. The highest BCUT2D eigenvalue weighted by molar-refractivity contribution is 7.89. The average Bonchev–Trinajstić information content (AvgIpc) is 2.41. The number of hydrogen-bond acceptors (Lipinski definition) is 4. The van der Waals surface area contributed by atoms with Gasteiger partial charge in [-0.15, -0.1) is 0 Å². The van der Waals surface area contributed by atoms with Crippen molar-refractivity contribution >= 4 is 15.7 Å². The van der Waals surface area contributed by atoms with Crippen molar-refractivity contribution < 1.29 is 8.42 Å². The standard InChI is InChI=1S/C15H25N3O2S/c1-11-6-7-14(10-15(11)21(16,19)20)18-12(2)9-13-5-3-4-8-17-13/h6-7,10,12-13,17-18H,3-5,8-9H2,1-2H3,(H2,16,19,20). The topological polar surface area (TPSA) is 84.2 Å². The first-order chi connectivity index (χ1) is 9.86. The van der Waals surface area contributed by atoms with Crippen LogP contribution >= 0.6 is 0 Å². The summed E-state index contributed by atoms with van der Waals surface area (Å²) in [5.74, 6) is 0. The lowest BCUT2D eigenvalue weighted by molar-refractivity contribution is 0.371. The second-order valence-corrected chi connectivity index (χ2v) is 7.48. The van der Waals surface area contributed by atoms with Crippen molar-refractivity contribution in [3.05, 3.63) is 23.8 Å². The van der Waals surface area contributed by atoms with Crippen LogP contribution in [0.25, 0.3) is 0 Å². The smallest absolute Gasteiger partial charge is 0.238 e. The first-order valence-electron chi connectivity index (χ1n) is 7.49. The minimum absolute atomic E-state index is 0.190. The first-order valence-corrected chi connectivity index (χ1v) is 9.04. The van der Waals surface area contributed by atoms with E-state index < -0.39 is 10.0 Å². The van der Waals surface area contributed by atoms with Crippen LogP contribution in [0.15, 0.2) is 23.1 Å². The number of aryl methyl sites for hydroxylation is 1. The van der Waals surface area contributed by atoms with Crippen molar-refractivity contribution in [3.8, 4) is 0 Å². The highest BCUT2D eigenvalue weighted by Crippen LogP contribution is 2.21. The van der Waals surface area contributed by atoms with E-state index in [1.165, 1.54) is 19.3 Å². The molecule has 1 aliphatic heterocycles. The van der Waals surface area contributed by atoms with Gasteiger partial charge in [-0.1, -0.05) is 12.5 Å².